The van der Waals surface area contributed by atoms with E-state index in [2.05, 4.69) is 25.7 Å². The maximum absolute atomic E-state index is 15.1. The number of hydrogen-bond acceptors (Lipinski definition) is 12. The van der Waals surface area contributed by atoms with Gasteiger partial charge in [0.25, 0.3) is 17.7 Å². The van der Waals surface area contributed by atoms with Gasteiger partial charge in [0.1, 0.15) is 25.2 Å². The van der Waals surface area contributed by atoms with Gasteiger partial charge in [0, 0.05) is 61.5 Å². The number of fused-ring (bicyclic) bond motifs is 2. The van der Waals surface area contributed by atoms with Crippen molar-refractivity contribution in [3.63, 3.8) is 0 Å². The first-order valence-electron chi connectivity index (χ1n) is 18.3. The largest absolute Gasteiger partial charge is 0.397 e. The van der Waals surface area contributed by atoms with Crippen LogP contribution in [-0.2, 0) is 4.79 Å². The molecule has 0 spiro atoms. The molecule has 3 aliphatic rings. The molecule has 8 rings (SSSR count). The molecule has 2 atom stereocenters. The molecule has 1 aliphatic carbocycles. The molecule has 6 heterocycles. The fraction of sp³-hybridized carbons (Fsp3) is 0.421. The number of amides is 4. The van der Waals surface area contributed by atoms with Gasteiger partial charge in [-0.05, 0) is 81.3 Å². The van der Waals surface area contributed by atoms with E-state index in [1.807, 2.05) is 27.7 Å². The summed E-state index contributed by atoms with van der Waals surface area (Å²) in [5, 5.41) is 21.2. The molecule has 5 N–H and O–H groups in total. The number of nitrogens with one attached hydrogen (secondary N) is 1. The van der Waals surface area contributed by atoms with Crippen LogP contribution in [0.5, 0.6) is 0 Å². The number of carbonyl (C=O) groups is 4. The van der Waals surface area contributed by atoms with Crippen LogP contribution in [-0.4, -0.2) is 104 Å². The van der Waals surface area contributed by atoms with Gasteiger partial charge in [-0.2, -0.15) is 10.2 Å². The molecule has 5 aromatic rings. The van der Waals surface area contributed by atoms with Crippen molar-refractivity contribution in [3.05, 3.63) is 67.4 Å². The van der Waals surface area contributed by atoms with Crippen molar-refractivity contribution in [2.24, 2.45) is 5.92 Å². The number of benzene rings is 1. The van der Waals surface area contributed by atoms with Gasteiger partial charge < -0.3 is 31.5 Å². The van der Waals surface area contributed by atoms with Gasteiger partial charge in [-0.25, -0.2) is 4.39 Å². The highest BCUT2D eigenvalue weighted by atomic mass is 32.1. The third-order valence-corrected chi connectivity index (χ3v) is 13.6. The summed E-state index contributed by atoms with van der Waals surface area (Å²) < 4.78 is 15.1. The van der Waals surface area contributed by atoms with Gasteiger partial charge in [-0.3, -0.25) is 19.2 Å². The smallest absolute Gasteiger partial charge is 0.266 e. The van der Waals surface area contributed by atoms with Crippen LogP contribution in [0, 0.1) is 39.4 Å². The van der Waals surface area contributed by atoms with E-state index in [0.717, 1.165) is 39.7 Å². The zero-order chi connectivity index (χ0) is 38.9. The lowest BCUT2D eigenvalue weighted by molar-refractivity contribution is -0.137. The zero-order valence-corrected chi connectivity index (χ0v) is 32.6. The van der Waals surface area contributed by atoms with E-state index < -0.39 is 5.82 Å². The fourth-order valence-corrected chi connectivity index (χ4v) is 10.2. The van der Waals surface area contributed by atoms with E-state index in [-0.39, 0.29) is 60.2 Å². The van der Waals surface area contributed by atoms with Crippen LogP contribution in [0.2, 0.25) is 0 Å². The number of aryl methyl sites for hydroxylation is 4. The van der Waals surface area contributed by atoms with Gasteiger partial charge in [0.05, 0.1) is 28.8 Å². The molecule has 4 amide bonds. The molecule has 0 bridgehead atoms. The summed E-state index contributed by atoms with van der Waals surface area (Å²) in [7, 11) is 0. The average molecular weight is 785 g/mol. The van der Waals surface area contributed by atoms with E-state index in [4.69, 9.17) is 11.5 Å². The minimum absolute atomic E-state index is 0.0209. The third kappa shape index (κ3) is 6.42. The van der Waals surface area contributed by atoms with Crippen LogP contribution in [0.3, 0.4) is 0 Å². The Morgan fingerprint density at radius 3 is 1.96 bits per heavy atom. The molecule has 55 heavy (non-hydrogen) atoms. The van der Waals surface area contributed by atoms with E-state index >= 15 is 4.39 Å². The van der Waals surface area contributed by atoms with Gasteiger partial charge in [0.15, 0.2) is 0 Å². The monoisotopic (exact) mass is 784 g/mol. The molecular formula is C38H41FN10O4S2. The number of nitrogens with two attached hydrogens (primary N) is 2. The highest BCUT2D eigenvalue weighted by Gasteiger charge is 2.39. The lowest BCUT2D eigenvalue weighted by Crippen LogP contribution is -2.60. The lowest BCUT2D eigenvalue weighted by atomic mass is 9.86. The maximum Gasteiger partial charge on any atom is 0.266 e. The van der Waals surface area contributed by atoms with Gasteiger partial charge in [-0.1, -0.05) is 6.42 Å². The number of piperazine rings is 1. The third-order valence-electron chi connectivity index (χ3n) is 11.5. The van der Waals surface area contributed by atoms with Gasteiger partial charge in [0.2, 0.25) is 5.91 Å². The molecule has 286 valence electrons. The van der Waals surface area contributed by atoms with Gasteiger partial charge in [-0.15, -0.1) is 32.9 Å². The maximum atomic E-state index is 15.1. The Bertz CT molecular complexity index is 2420. The van der Waals surface area contributed by atoms with Crippen LogP contribution in [0.15, 0.2) is 18.2 Å². The van der Waals surface area contributed by atoms with E-state index in [0.29, 0.717) is 75.4 Å². The second-order valence-corrected chi connectivity index (χ2v) is 16.8. The van der Waals surface area contributed by atoms with Crippen LogP contribution in [0.4, 0.5) is 15.8 Å². The molecule has 2 aliphatic heterocycles. The first-order valence-corrected chi connectivity index (χ1v) is 20.0. The Morgan fingerprint density at radius 1 is 0.745 bits per heavy atom. The van der Waals surface area contributed by atoms with Crippen molar-refractivity contribution >= 4 is 78.1 Å². The van der Waals surface area contributed by atoms with Crippen molar-refractivity contribution in [1.29, 1.82) is 0 Å². The highest BCUT2D eigenvalue weighted by Crippen LogP contribution is 2.42. The van der Waals surface area contributed by atoms with Crippen molar-refractivity contribution in [1.82, 2.24) is 40.4 Å². The number of anilines is 2. The summed E-state index contributed by atoms with van der Waals surface area (Å²) in [6, 6.07) is 4.06. The molecule has 3 fully saturated rings. The van der Waals surface area contributed by atoms with Crippen molar-refractivity contribution in [2.45, 2.75) is 58.9 Å². The predicted octanol–water partition coefficient (Wildman–Crippen LogP) is 4.36. The predicted molar refractivity (Wildman–Crippen MR) is 209 cm³/mol. The first kappa shape index (κ1) is 36.7. The average Bonchev–Trinajstić information content (AvgIpc) is 3.88. The Balaban J connectivity index is 0.887. The molecule has 0 radical (unpaired) electrons. The van der Waals surface area contributed by atoms with E-state index in [1.54, 1.807) is 20.8 Å². The van der Waals surface area contributed by atoms with Crippen LogP contribution in [0.25, 0.3) is 20.4 Å². The minimum Gasteiger partial charge on any atom is -0.397 e. The summed E-state index contributed by atoms with van der Waals surface area (Å²) >= 11 is 2.42. The standard InChI is InChI=1S/C38H41FN10O4S2/c1-17-19(3)43-45-34-27(17)29(40)31(54-34)33(50)42-24-15-49(16-24)36(51)22-12-21(13-23(39)14-22)25-6-5-7-26(25)37(52)47-8-10-48(11-9-47)38(53)32-30(41)28-18(2)20(4)44-46-35(28)55-32/h12-14,24-26H,5-11,15-16,40-41H2,1-4H3,(H,42,50). The Kier molecular flexibility index (Phi) is 9.39. The Morgan fingerprint density at radius 2 is 1.33 bits per heavy atom. The second-order valence-electron chi connectivity index (χ2n) is 14.8. The number of halogens is 1. The Hall–Kier alpha value is -5.29. The SMILES string of the molecule is Cc1nnc2sc(C(=O)NC3CN(C(=O)c4cc(F)cc(C5CCCC5C(=O)N5CCN(C(=O)c6sc7nnc(C)c(C)c7c6N)CC5)c4)C3)c(N)c2c1C. The topological polar surface area (TPSA) is 194 Å². The van der Waals surface area contributed by atoms with Crippen molar-refractivity contribution in [3.8, 4) is 0 Å². The van der Waals surface area contributed by atoms with E-state index in [9.17, 15) is 19.2 Å². The number of hydrogen-bond donors (Lipinski definition) is 3. The lowest BCUT2D eigenvalue weighted by Gasteiger charge is -2.39. The molecule has 4 aromatic heterocycles. The quantitative estimate of drug-likeness (QED) is 0.223. The van der Waals surface area contributed by atoms with Crippen LogP contribution < -0.4 is 16.8 Å². The number of rotatable bonds is 6. The molecule has 2 unspecified atom stereocenters. The fourth-order valence-electron chi connectivity index (χ4n) is 8.09. The van der Waals surface area contributed by atoms with Crippen molar-refractivity contribution < 1.29 is 23.6 Å². The number of thiophene rings is 2. The Labute approximate surface area is 324 Å². The normalized spacial score (nSPS) is 19.0. The number of likely N-dealkylation sites (tertiary alicyclic amines) is 1. The van der Waals surface area contributed by atoms with Crippen molar-refractivity contribution in [2.75, 3.05) is 50.7 Å². The van der Waals surface area contributed by atoms with Gasteiger partial charge >= 0.3 is 0 Å². The summed E-state index contributed by atoms with van der Waals surface area (Å²) in [5.74, 6) is -2.03. The summed E-state index contributed by atoms with van der Waals surface area (Å²) in [6.07, 6.45) is 2.16. The van der Waals surface area contributed by atoms with Crippen LogP contribution in [0.1, 0.15) is 83.0 Å². The molecular weight excluding hydrogens is 744 g/mol. The second kappa shape index (κ2) is 14.1. The molecule has 1 saturated carbocycles. The molecule has 17 heteroatoms. The zero-order valence-electron chi connectivity index (χ0n) is 30.9. The minimum atomic E-state index is -0.540. The summed E-state index contributed by atoms with van der Waals surface area (Å²) in [4.78, 5) is 61.3. The van der Waals surface area contributed by atoms with Crippen LogP contribution >= 0.6 is 22.7 Å². The highest BCUT2D eigenvalue weighted by molar-refractivity contribution is 7.21. The summed E-state index contributed by atoms with van der Waals surface area (Å²) in [5.41, 5.74) is 17.7. The number of nitrogens with zero attached hydrogens (tertiary/aromatic N) is 7. The number of carbonyl (C=O) groups excluding carboxylic acids is 4. The summed E-state index contributed by atoms with van der Waals surface area (Å²) in [6.45, 7) is 9.51. The number of nitrogen functional groups attached to an aromatic ring is 2. The first-order chi connectivity index (χ1) is 26.3. The molecule has 14 nitrogen and oxygen atoms in total. The molecule has 2 saturated heterocycles. The molecule has 1 aromatic carbocycles. The number of aromatic nitrogens is 4. The van der Waals surface area contributed by atoms with E-state index in [1.165, 1.54) is 34.8 Å².